The van der Waals surface area contributed by atoms with Gasteiger partial charge in [0.2, 0.25) is 0 Å². The molecule has 0 amide bonds. The Balaban J connectivity index is 0.000000559. The maximum atomic E-state index is 13.4. The summed E-state index contributed by atoms with van der Waals surface area (Å²) in [5, 5.41) is 16.9. The largest absolute Gasteiger partial charge is 0.490 e. The van der Waals surface area contributed by atoms with Crippen molar-refractivity contribution in [2.24, 2.45) is 0 Å². The summed E-state index contributed by atoms with van der Waals surface area (Å²) in [5.41, 5.74) is 3.40. The van der Waals surface area contributed by atoms with E-state index in [1.807, 2.05) is 17.0 Å². The zero-order valence-electron chi connectivity index (χ0n) is 20.8. The first-order valence-corrected chi connectivity index (χ1v) is 13.0. The molecule has 2 heterocycles. The summed E-state index contributed by atoms with van der Waals surface area (Å²) in [6, 6.07) is 13.9. The number of carboxylic acids is 2. The summed E-state index contributed by atoms with van der Waals surface area (Å²) >= 11 is 0. The third-order valence-electron chi connectivity index (χ3n) is 5.70. The van der Waals surface area contributed by atoms with Crippen LogP contribution >= 0.6 is 0 Å². The zero-order chi connectivity index (χ0) is 29.7. The lowest BCUT2D eigenvalue weighted by atomic mass is 9.95. The maximum Gasteiger partial charge on any atom is 0.490 e. The Bertz CT molecular complexity index is 1560. The topological polar surface area (TPSA) is 137 Å². The molecule has 0 radical (unpaired) electrons. The number of hydrogen-bond acceptors (Lipinski definition) is 6. The van der Waals surface area contributed by atoms with E-state index in [0.717, 1.165) is 18.6 Å². The number of sulfonamides is 1. The monoisotopic (exact) mass is 581 g/mol. The molecule has 3 N–H and O–H groups in total. The number of nitrogens with zero attached hydrogens (tertiary/aromatic N) is 2. The molecule has 212 valence electrons. The van der Waals surface area contributed by atoms with Gasteiger partial charge in [-0.25, -0.2) is 27.4 Å². The Labute approximate surface area is 226 Å². The highest BCUT2D eigenvalue weighted by Gasteiger charge is 2.38. The van der Waals surface area contributed by atoms with E-state index in [1.165, 1.54) is 41.1 Å². The number of hydrogen-bond donors (Lipinski definition) is 3. The van der Waals surface area contributed by atoms with E-state index in [-0.39, 0.29) is 22.0 Å². The lowest BCUT2D eigenvalue weighted by Crippen LogP contribution is -2.31. The summed E-state index contributed by atoms with van der Waals surface area (Å²) in [7, 11) is -4.10. The molecule has 9 nitrogen and oxygen atoms in total. The fraction of sp³-hybridized carbons (Fsp3) is 0.192. The average Bonchev–Trinajstić information content (AvgIpc) is 2.89. The van der Waals surface area contributed by atoms with Gasteiger partial charge < -0.3 is 15.1 Å². The highest BCUT2D eigenvalue weighted by molar-refractivity contribution is 7.92. The number of aromatic nitrogens is 1. The molecule has 2 aromatic carbocycles. The normalized spacial score (nSPS) is 13.5. The van der Waals surface area contributed by atoms with E-state index < -0.39 is 34.0 Å². The van der Waals surface area contributed by atoms with E-state index in [0.29, 0.717) is 13.1 Å². The molecule has 0 unspecified atom stereocenters. The van der Waals surface area contributed by atoms with Crippen molar-refractivity contribution in [2.75, 3.05) is 22.7 Å². The molecule has 0 spiro atoms. The lowest BCUT2D eigenvalue weighted by Gasteiger charge is -2.29. The molecule has 0 atom stereocenters. The minimum absolute atomic E-state index is 0.0198. The molecule has 0 fully saturated rings. The van der Waals surface area contributed by atoms with Gasteiger partial charge in [-0.3, -0.25) is 4.72 Å². The van der Waals surface area contributed by atoms with Gasteiger partial charge in [0.1, 0.15) is 17.2 Å². The predicted molar refractivity (Wildman–Crippen MR) is 138 cm³/mol. The van der Waals surface area contributed by atoms with Crippen LogP contribution < -0.4 is 9.62 Å². The van der Waals surface area contributed by atoms with Gasteiger partial charge in [-0.05, 0) is 54.3 Å². The highest BCUT2D eigenvalue weighted by Crippen LogP contribution is 2.29. The van der Waals surface area contributed by atoms with Gasteiger partial charge in [-0.15, -0.1) is 0 Å². The zero-order valence-corrected chi connectivity index (χ0v) is 21.6. The van der Waals surface area contributed by atoms with Crippen LogP contribution in [0, 0.1) is 12.7 Å². The van der Waals surface area contributed by atoms with Crippen LogP contribution in [0.25, 0.3) is 5.57 Å². The van der Waals surface area contributed by atoms with Crippen LogP contribution in [0.15, 0.2) is 71.8 Å². The molecule has 0 bridgehead atoms. The Kier molecular flexibility index (Phi) is 9.14. The number of carboxylic acid groups (broad SMARTS) is 2. The number of anilines is 2. The summed E-state index contributed by atoms with van der Waals surface area (Å²) in [4.78, 5) is 26.6. The molecule has 1 aliphatic rings. The van der Waals surface area contributed by atoms with Crippen LogP contribution in [0.1, 0.15) is 27.9 Å². The van der Waals surface area contributed by atoms with E-state index in [9.17, 15) is 35.9 Å². The van der Waals surface area contributed by atoms with Crippen molar-refractivity contribution in [3.63, 3.8) is 0 Å². The smallest absolute Gasteiger partial charge is 0.478 e. The van der Waals surface area contributed by atoms with Crippen molar-refractivity contribution < 1.29 is 45.8 Å². The number of alkyl halides is 3. The number of nitrogens with one attached hydrogen (secondary N) is 1. The summed E-state index contributed by atoms with van der Waals surface area (Å²) in [6.07, 6.45) is -1.04. The second-order valence-electron chi connectivity index (χ2n) is 8.51. The van der Waals surface area contributed by atoms with Gasteiger partial charge in [0.15, 0.2) is 0 Å². The second-order valence-corrected chi connectivity index (χ2v) is 10.2. The van der Waals surface area contributed by atoms with Gasteiger partial charge in [-0.1, -0.05) is 36.4 Å². The molecule has 0 saturated carbocycles. The third-order valence-corrected chi connectivity index (χ3v) is 7.08. The number of benzene rings is 2. The molecule has 3 aromatic rings. The van der Waals surface area contributed by atoms with Crippen molar-refractivity contribution in [2.45, 2.75) is 24.4 Å². The first kappa shape index (κ1) is 30.1. The standard InChI is InChI=1S/C24H22FN3O4S.C2HF3O2/c1-16-5-2-3-8-21(16)17-9-11-28(12-10-17)23-22(24(29)30)14-19(15-26-23)27-33(31,32)20-7-4-6-18(25)13-20;3-2(4,5)1(6)7/h2-9,13-15,27H,10-12H2,1H3,(H,29,30);(H,6,7). The van der Waals surface area contributed by atoms with Crippen molar-refractivity contribution in [1.29, 1.82) is 0 Å². The maximum absolute atomic E-state index is 13.4. The molecule has 4 rings (SSSR count). The van der Waals surface area contributed by atoms with Crippen molar-refractivity contribution in [3.05, 3.63) is 89.4 Å². The van der Waals surface area contributed by atoms with E-state index >= 15 is 0 Å². The van der Waals surface area contributed by atoms with Crippen molar-refractivity contribution >= 4 is 39.0 Å². The van der Waals surface area contributed by atoms with E-state index in [1.54, 1.807) is 0 Å². The van der Waals surface area contributed by atoms with E-state index in [2.05, 4.69) is 34.8 Å². The van der Waals surface area contributed by atoms with Crippen molar-refractivity contribution in [3.8, 4) is 0 Å². The third kappa shape index (κ3) is 7.56. The molecule has 0 aliphatic carbocycles. The van der Waals surface area contributed by atoms with Gasteiger partial charge in [0.05, 0.1) is 16.8 Å². The predicted octanol–water partition coefficient (Wildman–Crippen LogP) is 4.96. The Hall–Kier alpha value is -4.46. The van der Waals surface area contributed by atoms with Crippen LogP contribution in [0.2, 0.25) is 0 Å². The SMILES string of the molecule is Cc1ccccc1C1=CCN(c2ncc(NS(=O)(=O)c3cccc(F)c3)cc2C(=O)O)CC1.O=C(O)C(F)(F)F. The number of halogens is 4. The Morgan fingerprint density at radius 3 is 2.27 bits per heavy atom. The average molecular weight is 582 g/mol. The highest BCUT2D eigenvalue weighted by atomic mass is 32.2. The number of aliphatic carboxylic acids is 1. The van der Waals surface area contributed by atoms with Crippen molar-refractivity contribution in [1.82, 2.24) is 4.98 Å². The van der Waals surface area contributed by atoms with Crippen LogP contribution in [-0.4, -0.2) is 54.8 Å². The summed E-state index contributed by atoms with van der Waals surface area (Å²) in [6.45, 7) is 3.10. The second kappa shape index (κ2) is 12.2. The lowest BCUT2D eigenvalue weighted by molar-refractivity contribution is -0.192. The molecule has 1 aliphatic heterocycles. The summed E-state index contributed by atoms with van der Waals surface area (Å²) < 4.78 is 72.5. The molecule has 0 saturated heterocycles. The first-order chi connectivity index (χ1) is 18.7. The van der Waals surface area contributed by atoms with E-state index in [4.69, 9.17) is 9.90 Å². The Morgan fingerprint density at radius 2 is 1.73 bits per heavy atom. The van der Waals surface area contributed by atoms with Crippen LogP contribution in [0.5, 0.6) is 0 Å². The molecular formula is C26H23F4N3O6S. The molecule has 40 heavy (non-hydrogen) atoms. The van der Waals surface area contributed by atoms with Crippen LogP contribution in [0.4, 0.5) is 29.1 Å². The summed E-state index contributed by atoms with van der Waals surface area (Å²) in [5.74, 6) is -4.41. The number of aryl methyl sites for hydroxylation is 1. The van der Waals surface area contributed by atoms with Gasteiger partial charge in [0, 0.05) is 13.1 Å². The number of aromatic carboxylic acids is 1. The minimum atomic E-state index is -5.08. The fourth-order valence-corrected chi connectivity index (χ4v) is 4.88. The quantitative estimate of drug-likeness (QED) is 0.348. The van der Waals surface area contributed by atoms with Crippen LogP contribution in [-0.2, 0) is 14.8 Å². The van der Waals surface area contributed by atoms with Gasteiger partial charge in [-0.2, -0.15) is 13.2 Å². The fourth-order valence-electron chi connectivity index (χ4n) is 3.81. The van der Waals surface area contributed by atoms with Gasteiger partial charge in [0.25, 0.3) is 10.0 Å². The number of carbonyl (C=O) groups is 2. The molecule has 14 heteroatoms. The number of rotatable bonds is 6. The molecule has 1 aromatic heterocycles. The number of pyridine rings is 1. The minimum Gasteiger partial charge on any atom is -0.478 e. The first-order valence-electron chi connectivity index (χ1n) is 11.5. The Morgan fingerprint density at radius 1 is 1.05 bits per heavy atom. The van der Waals surface area contributed by atoms with Gasteiger partial charge >= 0.3 is 18.1 Å². The molecular weight excluding hydrogens is 558 g/mol. The van der Waals surface area contributed by atoms with Crippen LogP contribution in [0.3, 0.4) is 0 Å².